The van der Waals surface area contributed by atoms with Crippen LogP contribution in [0.25, 0.3) is 11.0 Å². The Hall–Kier alpha value is -2.79. The number of rotatable bonds is 4. The Kier molecular flexibility index (Phi) is 5.12. The zero-order chi connectivity index (χ0) is 18.6. The van der Waals surface area contributed by atoms with Crippen LogP contribution in [-0.4, -0.2) is 29.1 Å². The molecule has 1 aromatic carbocycles. The summed E-state index contributed by atoms with van der Waals surface area (Å²) >= 11 is 0. The van der Waals surface area contributed by atoms with Crippen LogP contribution in [0.1, 0.15) is 45.9 Å². The molecule has 138 valence electrons. The molecule has 0 unspecified atom stereocenters. The Balaban J connectivity index is 1.42. The summed E-state index contributed by atoms with van der Waals surface area (Å²) in [6, 6.07) is 14.2. The van der Waals surface area contributed by atoms with Crippen LogP contribution in [0.3, 0.4) is 0 Å². The van der Waals surface area contributed by atoms with Gasteiger partial charge in [0.2, 0.25) is 0 Å². The molecule has 1 fully saturated rings. The van der Waals surface area contributed by atoms with E-state index < -0.39 is 0 Å². The van der Waals surface area contributed by atoms with Crippen molar-refractivity contribution < 1.29 is 9.53 Å². The number of benzene rings is 1. The largest absolute Gasteiger partial charge is 0.381 e. The Bertz CT molecular complexity index is 947. The number of nitrogens with one attached hydrogen (secondary N) is 1. The van der Waals surface area contributed by atoms with Gasteiger partial charge in [-0.25, -0.2) is 9.97 Å². The maximum atomic E-state index is 12.6. The van der Waals surface area contributed by atoms with Gasteiger partial charge in [-0.15, -0.1) is 0 Å². The fraction of sp³-hybridized carbons (Fsp3) is 0.318. The fourth-order valence-electron chi connectivity index (χ4n) is 3.54. The molecule has 1 N–H and O–H groups in total. The van der Waals surface area contributed by atoms with Gasteiger partial charge in [0.1, 0.15) is 0 Å². The molecule has 1 aliphatic heterocycles. The molecule has 3 heterocycles. The van der Waals surface area contributed by atoms with Gasteiger partial charge < -0.3 is 10.1 Å². The van der Waals surface area contributed by atoms with Gasteiger partial charge in [-0.2, -0.15) is 0 Å². The minimum atomic E-state index is -0.112. The number of fused-ring (bicyclic) bond motifs is 1. The predicted octanol–water partition coefficient (Wildman–Crippen LogP) is 3.76. The molecule has 0 saturated carbocycles. The van der Waals surface area contributed by atoms with Crippen molar-refractivity contribution >= 4 is 16.9 Å². The Morgan fingerprint density at radius 3 is 2.74 bits per heavy atom. The van der Waals surface area contributed by atoms with Gasteiger partial charge in [0.15, 0.2) is 5.65 Å². The highest BCUT2D eigenvalue weighted by Crippen LogP contribution is 2.26. The van der Waals surface area contributed by atoms with E-state index in [1.54, 1.807) is 6.20 Å². The van der Waals surface area contributed by atoms with E-state index >= 15 is 0 Å². The summed E-state index contributed by atoms with van der Waals surface area (Å²) in [6.07, 6.45) is 3.87. The number of hydrogen-bond donors (Lipinski definition) is 1. The van der Waals surface area contributed by atoms with Crippen molar-refractivity contribution in [3.05, 3.63) is 71.0 Å². The molecule has 5 heteroatoms. The number of amides is 1. The minimum absolute atomic E-state index is 0.112. The Morgan fingerprint density at radius 1 is 1.19 bits per heavy atom. The van der Waals surface area contributed by atoms with Crippen LogP contribution >= 0.6 is 0 Å². The first-order chi connectivity index (χ1) is 13.2. The van der Waals surface area contributed by atoms with E-state index in [4.69, 9.17) is 4.74 Å². The average Bonchev–Trinajstić information content (AvgIpc) is 2.72. The number of ether oxygens (including phenoxy) is 1. The molecule has 0 aliphatic carbocycles. The summed E-state index contributed by atoms with van der Waals surface area (Å²) in [4.78, 5) is 21.3. The van der Waals surface area contributed by atoms with Crippen molar-refractivity contribution in [3.8, 4) is 0 Å². The lowest BCUT2D eigenvalue weighted by Crippen LogP contribution is -2.24. The number of aryl methyl sites for hydroxylation is 1. The summed E-state index contributed by atoms with van der Waals surface area (Å²) in [6.45, 7) is 4.03. The second kappa shape index (κ2) is 7.84. The summed E-state index contributed by atoms with van der Waals surface area (Å²) in [5, 5.41) is 3.87. The first-order valence-corrected chi connectivity index (χ1v) is 9.38. The molecule has 0 spiro atoms. The quantitative estimate of drug-likeness (QED) is 0.768. The molecule has 5 nitrogen and oxygen atoms in total. The summed E-state index contributed by atoms with van der Waals surface area (Å²) in [5.41, 5.74) is 4.39. The highest BCUT2D eigenvalue weighted by molar-refractivity contribution is 5.98. The lowest BCUT2D eigenvalue weighted by atomic mass is 9.91. The monoisotopic (exact) mass is 361 g/mol. The minimum Gasteiger partial charge on any atom is -0.381 e. The highest BCUT2D eigenvalue weighted by atomic mass is 16.5. The van der Waals surface area contributed by atoms with Gasteiger partial charge in [0.25, 0.3) is 5.91 Å². The second-order valence-corrected chi connectivity index (χ2v) is 6.98. The van der Waals surface area contributed by atoms with Crippen LogP contribution in [0, 0.1) is 6.92 Å². The summed E-state index contributed by atoms with van der Waals surface area (Å²) < 4.78 is 5.43. The maximum absolute atomic E-state index is 12.6. The van der Waals surface area contributed by atoms with Crippen LogP contribution in [0.2, 0.25) is 0 Å². The van der Waals surface area contributed by atoms with Crippen LogP contribution in [0.4, 0.5) is 0 Å². The van der Waals surface area contributed by atoms with Gasteiger partial charge >= 0.3 is 0 Å². The first kappa shape index (κ1) is 17.6. The van der Waals surface area contributed by atoms with Gasteiger partial charge in [0, 0.05) is 31.3 Å². The standard InChI is InChI=1S/C22H23N3O2/c1-15-20(13-19-3-2-10-23-21(19)25-15)22(26)24-14-16-4-6-17(7-5-16)18-8-11-27-12-9-18/h2-7,10,13,18H,8-9,11-12,14H2,1H3,(H,24,26). The summed E-state index contributed by atoms with van der Waals surface area (Å²) in [5.74, 6) is 0.474. The zero-order valence-corrected chi connectivity index (χ0v) is 15.4. The number of pyridine rings is 2. The van der Waals surface area contributed by atoms with Crippen molar-refractivity contribution in [1.82, 2.24) is 15.3 Å². The average molecular weight is 361 g/mol. The normalized spacial score (nSPS) is 15.0. The molecular weight excluding hydrogens is 338 g/mol. The molecule has 4 rings (SSSR count). The van der Waals surface area contributed by atoms with Crippen molar-refractivity contribution in [3.63, 3.8) is 0 Å². The fourth-order valence-corrected chi connectivity index (χ4v) is 3.54. The zero-order valence-electron chi connectivity index (χ0n) is 15.4. The highest BCUT2D eigenvalue weighted by Gasteiger charge is 2.16. The molecule has 1 saturated heterocycles. The second-order valence-electron chi connectivity index (χ2n) is 6.98. The molecule has 1 aliphatic rings. The molecular formula is C22H23N3O2. The van der Waals surface area contributed by atoms with E-state index in [9.17, 15) is 4.79 Å². The van der Waals surface area contributed by atoms with E-state index in [1.165, 1.54) is 5.56 Å². The predicted molar refractivity (Wildman–Crippen MR) is 105 cm³/mol. The van der Waals surface area contributed by atoms with Crippen molar-refractivity contribution in [2.75, 3.05) is 13.2 Å². The van der Waals surface area contributed by atoms with Crippen molar-refractivity contribution in [2.45, 2.75) is 32.2 Å². The number of carbonyl (C=O) groups is 1. The third kappa shape index (κ3) is 3.98. The van der Waals surface area contributed by atoms with E-state index in [0.29, 0.717) is 29.4 Å². The Morgan fingerprint density at radius 2 is 1.96 bits per heavy atom. The van der Waals surface area contributed by atoms with Gasteiger partial charge in [-0.05, 0) is 55.0 Å². The number of carbonyl (C=O) groups excluding carboxylic acids is 1. The molecule has 0 radical (unpaired) electrons. The van der Waals surface area contributed by atoms with E-state index in [0.717, 1.165) is 37.0 Å². The number of aromatic nitrogens is 2. The maximum Gasteiger partial charge on any atom is 0.253 e. The van der Waals surface area contributed by atoms with Crippen molar-refractivity contribution in [1.29, 1.82) is 0 Å². The SMILES string of the molecule is Cc1nc2ncccc2cc1C(=O)NCc1ccc(C2CCOCC2)cc1. The lowest BCUT2D eigenvalue weighted by molar-refractivity contribution is 0.0853. The van der Waals surface area contributed by atoms with E-state index in [-0.39, 0.29) is 5.91 Å². The number of nitrogens with zero attached hydrogens (tertiary/aromatic N) is 2. The van der Waals surface area contributed by atoms with Crippen LogP contribution in [0.5, 0.6) is 0 Å². The van der Waals surface area contributed by atoms with Gasteiger partial charge in [-0.1, -0.05) is 24.3 Å². The van der Waals surface area contributed by atoms with Crippen LogP contribution in [-0.2, 0) is 11.3 Å². The third-order valence-electron chi connectivity index (χ3n) is 5.15. The smallest absolute Gasteiger partial charge is 0.253 e. The molecule has 0 atom stereocenters. The van der Waals surface area contributed by atoms with Crippen molar-refractivity contribution in [2.24, 2.45) is 0 Å². The molecule has 2 aromatic heterocycles. The number of hydrogen-bond acceptors (Lipinski definition) is 4. The third-order valence-corrected chi connectivity index (χ3v) is 5.15. The first-order valence-electron chi connectivity index (χ1n) is 9.38. The lowest BCUT2D eigenvalue weighted by Gasteiger charge is -2.22. The topological polar surface area (TPSA) is 64.1 Å². The molecule has 1 amide bonds. The molecule has 0 bridgehead atoms. The molecule has 27 heavy (non-hydrogen) atoms. The Labute approximate surface area is 158 Å². The van der Waals surface area contributed by atoms with Gasteiger partial charge in [0.05, 0.1) is 11.3 Å². The van der Waals surface area contributed by atoms with E-state index in [1.807, 2.05) is 25.1 Å². The van der Waals surface area contributed by atoms with E-state index in [2.05, 4.69) is 39.6 Å². The van der Waals surface area contributed by atoms with Crippen LogP contribution in [0.15, 0.2) is 48.7 Å². The van der Waals surface area contributed by atoms with Gasteiger partial charge in [-0.3, -0.25) is 4.79 Å². The molecule has 3 aromatic rings. The van der Waals surface area contributed by atoms with Crippen LogP contribution < -0.4 is 5.32 Å². The summed E-state index contributed by atoms with van der Waals surface area (Å²) in [7, 11) is 0.